The molecule has 0 aliphatic heterocycles. The van der Waals surface area contributed by atoms with Crippen LogP contribution in [0.15, 0.2) is 24.3 Å². The Labute approximate surface area is 231 Å². The van der Waals surface area contributed by atoms with Gasteiger partial charge in [0.1, 0.15) is 5.69 Å². The van der Waals surface area contributed by atoms with Crippen molar-refractivity contribution in [2.45, 2.75) is 20.3 Å². The van der Waals surface area contributed by atoms with E-state index in [1.807, 2.05) is 0 Å². The van der Waals surface area contributed by atoms with Crippen molar-refractivity contribution in [2.24, 2.45) is 0 Å². The monoisotopic (exact) mass is 565 g/mol. The van der Waals surface area contributed by atoms with Gasteiger partial charge in [0.15, 0.2) is 18.1 Å². The SMILES string of the molecule is CCOC(=O)Oc1c2ccc(CC(=O)NOCC(=O)N(CCOC)CCOC)ccc-2c(OC(=O)OCC)c1N. The third-order valence-corrected chi connectivity index (χ3v) is 5.32. The molecule has 0 bridgehead atoms. The number of rotatable bonds is 15. The normalized spacial score (nSPS) is 10.6. The molecule has 220 valence electrons. The van der Waals surface area contributed by atoms with Crippen molar-refractivity contribution in [2.75, 3.05) is 66.1 Å². The molecule has 0 aromatic rings. The van der Waals surface area contributed by atoms with Gasteiger partial charge in [-0.3, -0.25) is 14.4 Å². The second kappa shape index (κ2) is 16.7. The molecule has 0 heterocycles. The van der Waals surface area contributed by atoms with Gasteiger partial charge >= 0.3 is 12.3 Å². The van der Waals surface area contributed by atoms with E-state index in [-0.39, 0.29) is 49.3 Å². The summed E-state index contributed by atoms with van der Waals surface area (Å²) < 4.78 is 30.2. The summed E-state index contributed by atoms with van der Waals surface area (Å²) in [6.45, 7) is 4.37. The summed E-state index contributed by atoms with van der Waals surface area (Å²) in [6, 6.07) is 6.29. The lowest BCUT2D eigenvalue weighted by molar-refractivity contribution is -0.145. The van der Waals surface area contributed by atoms with E-state index in [1.54, 1.807) is 38.1 Å². The second-order valence-corrected chi connectivity index (χ2v) is 8.07. The number of hydrogen-bond donors (Lipinski definition) is 2. The van der Waals surface area contributed by atoms with E-state index in [4.69, 9.17) is 39.0 Å². The van der Waals surface area contributed by atoms with Crippen LogP contribution in [-0.4, -0.2) is 89.4 Å². The molecule has 2 rings (SSSR count). The Morgan fingerprint density at radius 2 is 1.32 bits per heavy atom. The molecule has 40 heavy (non-hydrogen) atoms. The summed E-state index contributed by atoms with van der Waals surface area (Å²) in [5.74, 6) is -1.02. The first-order chi connectivity index (χ1) is 19.2. The smallest absolute Gasteiger partial charge is 0.434 e. The Balaban J connectivity index is 2.15. The number of carbonyl (C=O) groups excluding carboxylic acids is 4. The molecular weight excluding hydrogens is 530 g/mol. The predicted molar refractivity (Wildman–Crippen MR) is 141 cm³/mol. The minimum absolute atomic E-state index is 0.0720. The number of carbonyl (C=O) groups is 4. The van der Waals surface area contributed by atoms with Crippen molar-refractivity contribution in [1.82, 2.24) is 10.4 Å². The fourth-order valence-corrected chi connectivity index (χ4v) is 3.46. The van der Waals surface area contributed by atoms with Crippen LogP contribution in [0.2, 0.25) is 0 Å². The van der Waals surface area contributed by atoms with Crippen LogP contribution in [0, 0.1) is 0 Å². The first-order valence-corrected chi connectivity index (χ1v) is 12.4. The Bertz CT molecular complexity index is 1060. The highest BCUT2D eigenvalue weighted by atomic mass is 16.7. The summed E-state index contributed by atoms with van der Waals surface area (Å²) in [6.07, 6.45) is -2.12. The van der Waals surface area contributed by atoms with Gasteiger partial charge in [-0.05, 0) is 19.4 Å². The number of nitrogen functional groups attached to an aromatic ring is 1. The average Bonchev–Trinajstić information content (AvgIpc) is 3.03. The summed E-state index contributed by atoms with van der Waals surface area (Å²) in [5.41, 5.74) is 9.44. The fraction of sp³-hybridized carbons (Fsp3) is 0.462. The van der Waals surface area contributed by atoms with Crippen LogP contribution in [0.5, 0.6) is 11.5 Å². The Morgan fingerprint density at radius 1 is 0.825 bits per heavy atom. The number of amides is 2. The third kappa shape index (κ3) is 9.55. The number of hydrogen-bond acceptors (Lipinski definition) is 12. The Hall–Kier alpha value is -4.14. The summed E-state index contributed by atoms with van der Waals surface area (Å²) in [7, 11) is 3.05. The molecule has 0 saturated heterocycles. The van der Waals surface area contributed by atoms with Crippen molar-refractivity contribution in [3.63, 3.8) is 0 Å². The van der Waals surface area contributed by atoms with E-state index < -0.39 is 18.2 Å². The van der Waals surface area contributed by atoms with E-state index >= 15 is 0 Å². The topological polar surface area (TPSA) is 174 Å². The molecule has 2 aliphatic rings. The standard InChI is InChI=1S/C26H35N3O11/c1-5-36-25(32)39-23-18-9-7-17(8-10-19(18)24(22(23)27)40-26(33)37-6-2)15-20(30)28-38-16-21(31)29(11-13-34-3)12-14-35-4/h7-10H,5-6,11-16,27H2,1-4H3,(H,28,30). The van der Waals surface area contributed by atoms with Crippen LogP contribution in [0.3, 0.4) is 0 Å². The fourth-order valence-electron chi connectivity index (χ4n) is 3.46. The molecule has 0 fully saturated rings. The van der Waals surface area contributed by atoms with Gasteiger partial charge in [0.05, 0.1) is 32.8 Å². The molecule has 0 unspecified atom stereocenters. The lowest BCUT2D eigenvalue weighted by atomic mass is 10.2. The molecular formula is C26H35N3O11. The maximum absolute atomic E-state index is 12.5. The number of ether oxygens (including phenoxy) is 6. The molecule has 0 saturated carbocycles. The highest BCUT2D eigenvalue weighted by molar-refractivity contribution is 5.95. The van der Waals surface area contributed by atoms with Crippen LogP contribution < -0.4 is 20.7 Å². The van der Waals surface area contributed by atoms with Crippen LogP contribution in [0.4, 0.5) is 15.3 Å². The minimum atomic E-state index is -0.996. The highest BCUT2D eigenvalue weighted by Gasteiger charge is 2.28. The number of nitrogens with two attached hydrogens (primary N) is 1. The number of methoxy groups -OCH3 is 2. The molecule has 0 spiro atoms. The molecule has 2 aliphatic carbocycles. The molecule has 14 heteroatoms. The van der Waals surface area contributed by atoms with Crippen molar-refractivity contribution >= 4 is 29.8 Å². The predicted octanol–water partition coefficient (Wildman–Crippen LogP) is 2.16. The van der Waals surface area contributed by atoms with Crippen LogP contribution in [0.25, 0.3) is 11.1 Å². The van der Waals surface area contributed by atoms with Gasteiger partial charge in [0.2, 0.25) is 5.91 Å². The van der Waals surface area contributed by atoms with Gasteiger partial charge in [-0.2, -0.15) is 0 Å². The van der Waals surface area contributed by atoms with E-state index in [0.717, 1.165) is 0 Å². The molecule has 3 N–H and O–H groups in total. The molecule has 14 nitrogen and oxygen atoms in total. The molecule has 0 aromatic carbocycles. The van der Waals surface area contributed by atoms with E-state index in [0.29, 0.717) is 43.0 Å². The van der Waals surface area contributed by atoms with E-state index in [2.05, 4.69) is 5.48 Å². The van der Waals surface area contributed by atoms with Crippen LogP contribution in [-0.2, 0) is 39.8 Å². The zero-order chi connectivity index (χ0) is 29.5. The van der Waals surface area contributed by atoms with Crippen molar-refractivity contribution in [3.05, 3.63) is 29.8 Å². The van der Waals surface area contributed by atoms with Crippen molar-refractivity contribution < 1.29 is 52.4 Å². The number of nitrogens with zero attached hydrogens (tertiary/aromatic N) is 1. The second-order valence-electron chi connectivity index (χ2n) is 8.07. The average molecular weight is 566 g/mol. The Kier molecular flexibility index (Phi) is 13.4. The maximum atomic E-state index is 12.5. The van der Waals surface area contributed by atoms with Crippen molar-refractivity contribution in [1.29, 1.82) is 0 Å². The number of hydroxylamine groups is 1. The number of nitrogens with one attached hydrogen (secondary N) is 1. The third-order valence-electron chi connectivity index (χ3n) is 5.32. The first kappa shape index (κ1) is 32.1. The van der Waals surface area contributed by atoms with Crippen LogP contribution in [0.1, 0.15) is 19.4 Å². The zero-order valence-electron chi connectivity index (χ0n) is 23.0. The van der Waals surface area contributed by atoms with Crippen molar-refractivity contribution in [3.8, 4) is 22.6 Å². The van der Waals surface area contributed by atoms with E-state index in [1.165, 1.54) is 19.1 Å². The minimum Gasteiger partial charge on any atom is -0.434 e. The molecule has 0 aromatic heterocycles. The highest BCUT2D eigenvalue weighted by Crippen LogP contribution is 2.50. The Morgan fingerprint density at radius 3 is 1.77 bits per heavy atom. The van der Waals surface area contributed by atoms with E-state index in [9.17, 15) is 19.2 Å². The van der Waals surface area contributed by atoms with Crippen LogP contribution >= 0.6 is 0 Å². The number of anilines is 1. The lowest BCUT2D eigenvalue weighted by Gasteiger charge is -2.21. The largest absolute Gasteiger partial charge is 0.513 e. The van der Waals surface area contributed by atoms with Gasteiger partial charge in [0, 0.05) is 38.4 Å². The van der Waals surface area contributed by atoms with Gasteiger partial charge in [0.25, 0.3) is 5.91 Å². The molecule has 2 amide bonds. The summed E-state index contributed by atoms with van der Waals surface area (Å²) in [5, 5.41) is 0. The van der Waals surface area contributed by atoms with Gasteiger partial charge < -0.3 is 39.1 Å². The summed E-state index contributed by atoms with van der Waals surface area (Å²) >= 11 is 0. The quantitative estimate of drug-likeness (QED) is 0.238. The maximum Gasteiger partial charge on any atom is 0.513 e. The number of fused-ring (bicyclic) bond motifs is 1. The molecule has 0 atom stereocenters. The lowest BCUT2D eigenvalue weighted by Crippen LogP contribution is -2.40. The van der Waals surface area contributed by atoms with Gasteiger partial charge in [-0.1, -0.05) is 24.3 Å². The van der Waals surface area contributed by atoms with Gasteiger partial charge in [-0.15, -0.1) is 0 Å². The molecule has 0 radical (unpaired) electrons. The summed E-state index contributed by atoms with van der Waals surface area (Å²) in [4.78, 5) is 55.5. The zero-order valence-corrected chi connectivity index (χ0v) is 23.0. The first-order valence-electron chi connectivity index (χ1n) is 12.4. The van der Waals surface area contributed by atoms with Gasteiger partial charge in [-0.25, -0.2) is 15.1 Å².